The van der Waals surface area contributed by atoms with E-state index in [1.165, 1.54) is 29.2 Å². The SMILES string of the molecule is CC(C)C[C@@H](C(=O)NN)[C@H](C(=O)NO)C(CNS(=O)(=O)c1ccccc1)(CC(C)C)C(=O)Cn1ccnc1. The Morgan fingerprint density at radius 2 is 1.74 bits per heavy atom. The maximum absolute atomic E-state index is 14.2. The summed E-state index contributed by atoms with van der Waals surface area (Å²) in [5, 5.41) is 9.76. The first-order valence-electron chi connectivity index (χ1n) is 12.4. The number of hydrogen-bond acceptors (Lipinski definition) is 8. The van der Waals surface area contributed by atoms with Crippen molar-refractivity contribution in [1.29, 1.82) is 0 Å². The molecule has 2 aromatic rings. The van der Waals surface area contributed by atoms with Gasteiger partial charge in [-0.3, -0.25) is 25.0 Å². The molecule has 0 saturated heterocycles. The third kappa shape index (κ3) is 7.69. The molecule has 0 fully saturated rings. The molecular weight excluding hydrogens is 512 g/mol. The van der Waals surface area contributed by atoms with Crippen molar-refractivity contribution in [3.8, 4) is 0 Å². The van der Waals surface area contributed by atoms with E-state index in [2.05, 4.69) is 15.1 Å². The highest BCUT2D eigenvalue weighted by atomic mass is 32.2. The lowest BCUT2D eigenvalue weighted by Crippen LogP contribution is -2.58. The van der Waals surface area contributed by atoms with Crippen molar-refractivity contribution < 1.29 is 28.0 Å². The van der Waals surface area contributed by atoms with E-state index < -0.39 is 51.4 Å². The number of nitrogens with zero attached hydrogens (tertiary/aromatic N) is 2. The number of rotatable bonds is 15. The van der Waals surface area contributed by atoms with Gasteiger partial charge in [0.15, 0.2) is 5.78 Å². The molecule has 2 rings (SSSR count). The number of hydrogen-bond donors (Lipinski definition) is 5. The van der Waals surface area contributed by atoms with Crippen molar-refractivity contribution >= 4 is 27.6 Å². The zero-order valence-electron chi connectivity index (χ0n) is 22.1. The van der Waals surface area contributed by atoms with Gasteiger partial charge in [-0.25, -0.2) is 29.4 Å². The van der Waals surface area contributed by atoms with Gasteiger partial charge in [0.1, 0.15) is 0 Å². The first-order chi connectivity index (χ1) is 17.9. The normalized spacial score (nSPS) is 15.1. The van der Waals surface area contributed by atoms with Crippen LogP contribution in [0.1, 0.15) is 40.5 Å². The molecule has 0 aliphatic carbocycles. The zero-order valence-corrected chi connectivity index (χ0v) is 22.9. The fourth-order valence-electron chi connectivity index (χ4n) is 4.93. The van der Waals surface area contributed by atoms with E-state index >= 15 is 0 Å². The second kappa shape index (κ2) is 13.6. The number of ketones is 1. The molecule has 2 amide bonds. The average Bonchev–Trinajstić information content (AvgIpc) is 3.39. The van der Waals surface area contributed by atoms with E-state index in [-0.39, 0.29) is 36.1 Å². The van der Waals surface area contributed by atoms with Gasteiger partial charge in [0.2, 0.25) is 21.8 Å². The highest BCUT2D eigenvalue weighted by Crippen LogP contribution is 2.43. The van der Waals surface area contributed by atoms with Crippen molar-refractivity contribution in [3.63, 3.8) is 0 Å². The summed E-state index contributed by atoms with van der Waals surface area (Å²) in [6.07, 6.45) is 4.64. The smallest absolute Gasteiger partial charge is 0.248 e. The summed E-state index contributed by atoms with van der Waals surface area (Å²) < 4.78 is 30.4. The Bertz CT molecular complexity index is 1170. The van der Waals surface area contributed by atoms with Gasteiger partial charge in [0, 0.05) is 18.9 Å². The molecule has 0 aliphatic rings. The van der Waals surface area contributed by atoms with E-state index in [0.29, 0.717) is 0 Å². The average molecular weight is 551 g/mol. The van der Waals surface area contributed by atoms with Crippen LogP contribution in [0.4, 0.5) is 0 Å². The van der Waals surface area contributed by atoms with Crippen LogP contribution in [-0.2, 0) is 31.0 Å². The third-order valence-corrected chi connectivity index (χ3v) is 7.86. The second-order valence-electron chi connectivity index (χ2n) is 10.2. The predicted octanol–water partition coefficient (Wildman–Crippen LogP) is 1.24. The number of Topliss-reactive ketones (excluding diaryl/α,β-unsaturated/α-hetero) is 1. The number of imidazole rings is 1. The van der Waals surface area contributed by atoms with E-state index in [1.54, 1.807) is 29.9 Å². The molecule has 12 nitrogen and oxygen atoms in total. The largest absolute Gasteiger partial charge is 0.330 e. The van der Waals surface area contributed by atoms with Crippen molar-refractivity contribution in [2.24, 2.45) is 34.9 Å². The van der Waals surface area contributed by atoms with E-state index in [9.17, 15) is 28.0 Å². The van der Waals surface area contributed by atoms with E-state index in [1.807, 2.05) is 27.7 Å². The van der Waals surface area contributed by atoms with Crippen molar-refractivity contribution in [1.82, 2.24) is 25.2 Å². The minimum absolute atomic E-state index is 0.0258. The summed E-state index contributed by atoms with van der Waals surface area (Å²) in [6.45, 7) is 6.56. The Morgan fingerprint density at radius 3 is 2.24 bits per heavy atom. The Kier molecular flexibility index (Phi) is 11.1. The van der Waals surface area contributed by atoms with Crippen LogP contribution in [0.5, 0.6) is 0 Å². The van der Waals surface area contributed by atoms with Gasteiger partial charge in [0.25, 0.3) is 0 Å². The molecule has 1 unspecified atom stereocenters. The number of benzene rings is 1. The number of amides is 2. The maximum atomic E-state index is 14.2. The Labute approximate surface area is 223 Å². The molecule has 0 saturated carbocycles. The number of hydroxylamine groups is 1. The first kappa shape index (κ1) is 31.1. The highest BCUT2D eigenvalue weighted by molar-refractivity contribution is 7.89. The van der Waals surface area contributed by atoms with Gasteiger partial charge < -0.3 is 4.57 Å². The lowest BCUT2D eigenvalue weighted by atomic mass is 9.61. The Balaban J connectivity index is 2.75. The molecule has 6 N–H and O–H groups in total. The van der Waals surface area contributed by atoms with Crippen LogP contribution < -0.4 is 21.5 Å². The van der Waals surface area contributed by atoms with Crippen LogP contribution in [0.2, 0.25) is 0 Å². The summed E-state index contributed by atoms with van der Waals surface area (Å²) in [6, 6.07) is 7.60. The third-order valence-electron chi connectivity index (χ3n) is 6.44. The standard InChI is InChI=1S/C25H38N6O6S/c1-17(2)12-20(23(33)29-26)22(24(34)30-35)25(13-18(3)4,21(32)14-31-11-10-27-16-31)15-28-38(36,37)19-8-6-5-7-9-19/h5-11,16-18,20,22,28,35H,12-15,26H2,1-4H3,(H,29,33)(H,30,34)/t20-,22-,25?/m1/s1. The number of nitrogens with two attached hydrogens (primary N) is 1. The fourth-order valence-corrected chi connectivity index (χ4v) is 6.06. The fraction of sp³-hybridized carbons (Fsp3) is 0.520. The number of sulfonamides is 1. The number of carbonyl (C=O) groups excluding carboxylic acids is 3. The van der Waals surface area contributed by atoms with Crippen LogP contribution in [0, 0.1) is 29.1 Å². The van der Waals surface area contributed by atoms with Gasteiger partial charge in [-0.1, -0.05) is 45.9 Å². The molecule has 1 heterocycles. The predicted molar refractivity (Wildman–Crippen MR) is 139 cm³/mol. The lowest BCUT2D eigenvalue weighted by molar-refractivity contribution is -0.154. The van der Waals surface area contributed by atoms with Crippen molar-refractivity contribution in [2.45, 2.75) is 52.0 Å². The lowest BCUT2D eigenvalue weighted by Gasteiger charge is -2.43. The molecule has 0 bridgehead atoms. The van der Waals surface area contributed by atoms with Crippen molar-refractivity contribution in [2.75, 3.05) is 6.54 Å². The molecule has 13 heteroatoms. The second-order valence-corrected chi connectivity index (χ2v) is 12.0. The number of carbonyl (C=O) groups is 3. The van der Waals surface area contributed by atoms with E-state index in [4.69, 9.17) is 5.84 Å². The molecule has 38 heavy (non-hydrogen) atoms. The minimum atomic E-state index is -4.11. The monoisotopic (exact) mass is 550 g/mol. The molecule has 0 spiro atoms. The minimum Gasteiger partial charge on any atom is -0.330 e. The summed E-state index contributed by atoms with van der Waals surface area (Å²) >= 11 is 0. The summed E-state index contributed by atoms with van der Waals surface area (Å²) in [5.41, 5.74) is 1.93. The number of aromatic nitrogens is 2. The van der Waals surface area contributed by atoms with Crippen LogP contribution in [0.25, 0.3) is 0 Å². The number of hydrazine groups is 1. The van der Waals surface area contributed by atoms with E-state index in [0.717, 1.165) is 0 Å². The van der Waals surface area contributed by atoms with Gasteiger partial charge in [-0.05, 0) is 36.8 Å². The Morgan fingerprint density at radius 1 is 1.08 bits per heavy atom. The molecular formula is C25H38N6O6S. The molecule has 1 aromatic heterocycles. The van der Waals surface area contributed by atoms with Crippen LogP contribution in [0.3, 0.4) is 0 Å². The maximum Gasteiger partial charge on any atom is 0.248 e. The molecule has 210 valence electrons. The molecule has 1 aromatic carbocycles. The number of nitrogens with one attached hydrogen (secondary N) is 3. The topological polar surface area (TPSA) is 186 Å². The van der Waals surface area contributed by atoms with Crippen LogP contribution >= 0.6 is 0 Å². The van der Waals surface area contributed by atoms with Crippen LogP contribution in [-0.4, -0.2) is 47.3 Å². The van der Waals surface area contributed by atoms with Gasteiger partial charge in [0.05, 0.1) is 35.0 Å². The zero-order chi connectivity index (χ0) is 28.5. The quantitative estimate of drug-likeness (QED) is 0.0948. The first-order valence-corrected chi connectivity index (χ1v) is 13.8. The highest BCUT2D eigenvalue weighted by Gasteiger charge is 2.54. The van der Waals surface area contributed by atoms with Crippen molar-refractivity contribution in [3.05, 3.63) is 49.1 Å². The van der Waals surface area contributed by atoms with Gasteiger partial charge in [-0.2, -0.15) is 0 Å². The molecule has 0 aliphatic heterocycles. The molecule has 3 atom stereocenters. The summed E-state index contributed by atoms with van der Waals surface area (Å²) in [4.78, 5) is 44.5. The summed E-state index contributed by atoms with van der Waals surface area (Å²) in [7, 11) is -4.11. The molecule has 0 radical (unpaired) electrons. The van der Waals surface area contributed by atoms with Gasteiger partial charge >= 0.3 is 0 Å². The Hall–Kier alpha value is -3.13. The summed E-state index contributed by atoms with van der Waals surface area (Å²) in [5.74, 6) is 0.342. The van der Waals surface area contributed by atoms with Crippen LogP contribution in [0.15, 0.2) is 53.9 Å². The van der Waals surface area contributed by atoms with Gasteiger partial charge in [-0.15, -0.1) is 0 Å².